The lowest BCUT2D eigenvalue weighted by atomic mass is 10.1. The van der Waals surface area contributed by atoms with Gasteiger partial charge in [0, 0.05) is 32.1 Å². The fourth-order valence-electron chi connectivity index (χ4n) is 3.50. The molecule has 4 N–H and O–H groups in total. The lowest BCUT2D eigenvalue weighted by Crippen LogP contribution is -2.38. The summed E-state index contributed by atoms with van der Waals surface area (Å²) in [5.41, 5.74) is 17.1. The predicted octanol–water partition coefficient (Wildman–Crippen LogP) is 1.55. The molecule has 0 fully saturated rings. The minimum Gasteiger partial charge on any atom is -0.369 e. The van der Waals surface area contributed by atoms with Crippen LogP contribution in [0.1, 0.15) is 5.69 Å². The van der Waals surface area contributed by atoms with Gasteiger partial charge in [-0.3, -0.25) is 13.9 Å². The van der Waals surface area contributed by atoms with Crippen LogP contribution in [0.5, 0.6) is 0 Å². The Kier molecular flexibility index (Phi) is 3.66. The van der Waals surface area contributed by atoms with Crippen molar-refractivity contribution in [2.75, 3.05) is 10.6 Å². The van der Waals surface area contributed by atoms with Crippen molar-refractivity contribution in [1.29, 1.82) is 0 Å². The molecular formula is C19H20N10. The van der Waals surface area contributed by atoms with E-state index >= 15 is 0 Å². The maximum absolute atomic E-state index is 6.24. The molecule has 0 aliphatic carbocycles. The Morgan fingerprint density at radius 3 is 2.24 bits per heavy atom. The molecule has 0 unspecified atom stereocenters. The van der Waals surface area contributed by atoms with Crippen LogP contribution >= 0.6 is 0 Å². The van der Waals surface area contributed by atoms with Gasteiger partial charge in [0.15, 0.2) is 5.82 Å². The average molecular weight is 388 g/mol. The fourth-order valence-corrected chi connectivity index (χ4v) is 3.50. The third kappa shape index (κ3) is 2.81. The molecule has 29 heavy (non-hydrogen) atoms. The van der Waals surface area contributed by atoms with Gasteiger partial charge in [-0.2, -0.15) is 15.2 Å². The Morgan fingerprint density at radius 1 is 0.862 bits per heavy atom. The number of aromatic nitrogens is 6. The Labute approximate surface area is 166 Å². The molecule has 1 aromatic carbocycles. The van der Waals surface area contributed by atoms with Crippen LogP contribution in [0.15, 0.2) is 54.0 Å². The molecule has 4 heterocycles. The molecular weight excluding hydrogens is 368 g/mol. The highest BCUT2D eigenvalue weighted by Crippen LogP contribution is 2.33. The van der Waals surface area contributed by atoms with Crippen molar-refractivity contribution >= 4 is 23.4 Å². The van der Waals surface area contributed by atoms with Crippen LogP contribution in [0, 0.1) is 0 Å². The highest BCUT2D eigenvalue weighted by atomic mass is 15.4. The van der Waals surface area contributed by atoms with E-state index in [1.165, 1.54) is 0 Å². The van der Waals surface area contributed by atoms with E-state index in [-0.39, 0.29) is 0 Å². The Balaban J connectivity index is 1.51. The van der Waals surface area contributed by atoms with E-state index in [0.717, 1.165) is 28.2 Å². The first-order valence-corrected chi connectivity index (χ1v) is 9.06. The number of hydrogen-bond donors (Lipinski definition) is 2. The summed E-state index contributed by atoms with van der Waals surface area (Å²) in [5.74, 6) is 1.39. The predicted molar refractivity (Wildman–Crippen MR) is 111 cm³/mol. The topological polar surface area (TPSA) is 121 Å². The molecule has 146 valence electrons. The second-order valence-electron chi connectivity index (χ2n) is 6.95. The molecule has 0 saturated heterocycles. The van der Waals surface area contributed by atoms with E-state index in [0.29, 0.717) is 24.3 Å². The molecule has 0 amide bonds. The third-order valence-corrected chi connectivity index (χ3v) is 4.92. The van der Waals surface area contributed by atoms with Crippen LogP contribution in [0.2, 0.25) is 0 Å². The molecule has 5 rings (SSSR count). The highest BCUT2D eigenvalue weighted by Gasteiger charge is 2.26. The number of benzene rings is 1. The molecule has 0 spiro atoms. The highest BCUT2D eigenvalue weighted by molar-refractivity contribution is 5.97. The zero-order valence-electron chi connectivity index (χ0n) is 16.1. The van der Waals surface area contributed by atoms with Crippen LogP contribution < -0.4 is 16.4 Å². The first-order chi connectivity index (χ1) is 14.0. The summed E-state index contributed by atoms with van der Waals surface area (Å²) < 4.78 is 5.31. The first kappa shape index (κ1) is 17.0. The standard InChI is InChI=1S/C19H20N10/c1-26-9-13(7-22-26)12-3-5-14(6-4-12)29-17-16(24-19(29)21)11-28(18(20)25-17)15-8-23-27(2)10-15/h3-10H,11H2,1-2H3,(H2,20,25)(H2,21,24). The second kappa shape index (κ2) is 6.23. The maximum Gasteiger partial charge on any atom is 0.206 e. The van der Waals surface area contributed by atoms with Gasteiger partial charge >= 0.3 is 0 Å². The van der Waals surface area contributed by atoms with Gasteiger partial charge in [-0.15, -0.1) is 0 Å². The number of guanidine groups is 1. The second-order valence-corrected chi connectivity index (χ2v) is 6.95. The largest absolute Gasteiger partial charge is 0.369 e. The van der Waals surface area contributed by atoms with Gasteiger partial charge in [0.2, 0.25) is 11.9 Å². The SMILES string of the molecule is Cn1cc(-c2ccc(-n3c(N)nc4c3N=C(N)N(c3cnn(C)c3)C4)cc2)cn1. The Hall–Kier alpha value is -4.08. The van der Waals surface area contributed by atoms with Crippen LogP contribution in [0.4, 0.5) is 17.5 Å². The minimum absolute atomic E-state index is 0.369. The van der Waals surface area contributed by atoms with Gasteiger partial charge in [-0.1, -0.05) is 12.1 Å². The van der Waals surface area contributed by atoms with E-state index in [4.69, 9.17) is 11.5 Å². The zero-order chi connectivity index (χ0) is 20.1. The molecule has 0 bridgehead atoms. The van der Waals surface area contributed by atoms with Crippen molar-refractivity contribution in [2.24, 2.45) is 24.8 Å². The summed E-state index contributed by atoms with van der Waals surface area (Å²) in [6.45, 7) is 0.474. The number of nitrogens with two attached hydrogens (primary N) is 2. The van der Waals surface area contributed by atoms with Crippen molar-refractivity contribution in [2.45, 2.75) is 6.54 Å². The van der Waals surface area contributed by atoms with Crippen molar-refractivity contribution in [3.8, 4) is 16.8 Å². The van der Waals surface area contributed by atoms with E-state index in [1.807, 2.05) is 66.4 Å². The number of fused-ring (bicyclic) bond motifs is 1. The smallest absolute Gasteiger partial charge is 0.206 e. The molecule has 0 atom stereocenters. The Bertz CT molecular complexity index is 1220. The van der Waals surface area contributed by atoms with Crippen molar-refractivity contribution in [3.05, 3.63) is 54.7 Å². The monoisotopic (exact) mass is 388 g/mol. The van der Waals surface area contributed by atoms with Gasteiger partial charge in [0.25, 0.3) is 0 Å². The molecule has 0 radical (unpaired) electrons. The zero-order valence-corrected chi connectivity index (χ0v) is 16.1. The number of hydrogen-bond acceptors (Lipinski definition) is 7. The summed E-state index contributed by atoms with van der Waals surface area (Å²) in [5, 5.41) is 8.41. The lowest BCUT2D eigenvalue weighted by Gasteiger charge is -2.24. The molecule has 4 aromatic rings. The molecule has 3 aromatic heterocycles. The van der Waals surface area contributed by atoms with Crippen LogP contribution in [-0.2, 0) is 20.6 Å². The quantitative estimate of drug-likeness (QED) is 0.549. The summed E-state index contributed by atoms with van der Waals surface area (Å²) in [7, 11) is 3.75. The van der Waals surface area contributed by atoms with E-state index < -0.39 is 0 Å². The van der Waals surface area contributed by atoms with Gasteiger partial charge in [-0.05, 0) is 17.7 Å². The summed E-state index contributed by atoms with van der Waals surface area (Å²) in [6.07, 6.45) is 7.43. The van der Waals surface area contributed by atoms with Crippen LogP contribution in [0.25, 0.3) is 16.8 Å². The minimum atomic E-state index is 0.369. The van der Waals surface area contributed by atoms with Crippen molar-refractivity contribution in [3.63, 3.8) is 0 Å². The fraction of sp³-hybridized carbons (Fsp3) is 0.158. The molecule has 10 nitrogen and oxygen atoms in total. The van der Waals surface area contributed by atoms with Gasteiger partial charge in [-0.25, -0.2) is 4.98 Å². The van der Waals surface area contributed by atoms with Gasteiger partial charge in [0.1, 0.15) is 5.69 Å². The lowest BCUT2D eigenvalue weighted by molar-refractivity contribution is 0.767. The van der Waals surface area contributed by atoms with Gasteiger partial charge < -0.3 is 16.4 Å². The molecule has 10 heteroatoms. The number of anilines is 2. The number of nitrogens with zero attached hydrogens (tertiary/aromatic N) is 8. The van der Waals surface area contributed by atoms with Crippen molar-refractivity contribution in [1.82, 2.24) is 29.1 Å². The summed E-state index contributed by atoms with van der Waals surface area (Å²) in [4.78, 5) is 11.0. The third-order valence-electron chi connectivity index (χ3n) is 4.92. The summed E-state index contributed by atoms with van der Waals surface area (Å²) >= 11 is 0. The molecule has 0 saturated carbocycles. The van der Waals surface area contributed by atoms with E-state index in [9.17, 15) is 0 Å². The van der Waals surface area contributed by atoms with Crippen molar-refractivity contribution < 1.29 is 0 Å². The number of nitrogen functional groups attached to an aromatic ring is 1. The van der Waals surface area contributed by atoms with Gasteiger partial charge in [0.05, 0.1) is 30.3 Å². The maximum atomic E-state index is 6.24. The number of imidazole rings is 1. The molecule has 1 aliphatic rings. The number of aliphatic imine (C=N–C) groups is 1. The Morgan fingerprint density at radius 2 is 1.59 bits per heavy atom. The van der Waals surface area contributed by atoms with Crippen LogP contribution in [-0.4, -0.2) is 35.1 Å². The average Bonchev–Trinajstić information content (AvgIpc) is 3.40. The molecule has 1 aliphatic heterocycles. The summed E-state index contributed by atoms with van der Waals surface area (Å²) in [6, 6.07) is 8.02. The van der Waals surface area contributed by atoms with E-state index in [1.54, 1.807) is 15.6 Å². The number of rotatable bonds is 3. The first-order valence-electron chi connectivity index (χ1n) is 9.06. The number of aryl methyl sites for hydroxylation is 2. The normalized spacial score (nSPS) is 13.4. The van der Waals surface area contributed by atoms with Crippen LogP contribution in [0.3, 0.4) is 0 Å². The van der Waals surface area contributed by atoms with E-state index in [2.05, 4.69) is 20.2 Å².